The van der Waals surface area contributed by atoms with Gasteiger partial charge in [-0.25, -0.2) is 4.99 Å². The lowest BCUT2D eigenvalue weighted by Crippen LogP contribution is -2.39. The fourth-order valence-electron chi connectivity index (χ4n) is 2.39. The Balaban J connectivity index is 0.00000242. The van der Waals surface area contributed by atoms with Crippen LogP contribution >= 0.6 is 24.0 Å². The monoisotopic (exact) mass is 418 g/mol. The Morgan fingerprint density at radius 3 is 2.86 bits per heavy atom. The molecule has 22 heavy (non-hydrogen) atoms. The minimum atomic E-state index is 0. The zero-order valence-electron chi connectivity index (χ0n) is 13.3. The number of aliphatic imine (C=N–C) groups is 1. The number of morpholine rings is 1. The molecule has 1 aliphatic heterocycles. The average molecular weight is 418 g/mol. The van der Waals surface area contributed by atoms with E-state index < -0.39 is 0 Å². The van der Waals surface area contributed by atoms with Crippen LogP contribution in [-0.2, 0) is 11.3 Å². The molecule has 2 rings (SSSR count). The third kappa shape index (κ3) is 7.42. The van der Waals surface area contributed by atoms with Crippen molar-refractivity contribution in [3.05, 3.63) is 35.4 Å². The lowest BCUT2D eigenvalue weighted by Gasteiger charge is -2.26. The van der Waals surface area contributed by atoms with Gasteiger partial charge >= 0.3 is 0 Å². The smallest absolute Gasteiger partial charge is 0.188 e. The number of hydrogen-bond acceptors (Lipinski definition) is 3. The summed E-state index contributed by atoms with van der Waals surface area (Å²) >= 11 is 0. The Morgan fingerprint density at radius 1 is 1.36 bits per heavy atom. The van der Waals surface area contributed by atoms with Crippen molar-refractivity contribution in [1.29, 1.82) is 0 Å². The quantitative estimate of drug-likeness (QED) is 0.320. The summed E-state index contributed by atoms with van der Waals surface area (Å²) < 4.78 is 5.33. The van der Waals surface area contributed by atoms with Gasteiger partial charge < -0.3 is 15.8 Å². The first-order valence-electron chi connectivity index (χ1n) is 7.63. The van der Waals surface area contributed by atoms with Gasteiger partial charge in [0.25, 0.3) is 0 Å². The molecule has 1 aromatic rings. The van der Waals surface area contributed by atoms with Gasteiger partial charge in [-0.2, -0.15) is 0 Å². The molecule has 1 aromatic carbocycles. The number of guanidine groups is 1. The van der Waals surface area contributed by atoms with Gasteiger partial charge in [0, 0.05) is 19.6 Å². The summed E-state index contributed by atoms with van der Waals surface area (Å²) in [4.78, 5) is 6.79. The molecule has 3 N–H and O–H groups in total. The van der Waals surface area contributed by atoms with Gasteiger partial charge in [0.05, 0.1) is 19.8 Å². The highest BCUT2D eigenvalue weighted by Crippen LogP contribution is 2.04. The summed E-state index contributed by atoms with van der Waals surface area (Å²) in [5.41, 5.74) is 8.32. The van der Waals surface area contributed by atoms with Crippen molar-refractivity contribution >= 4 is 29.9 Å². The second-order valence-electron chi connectivity index (χ2n) is 5.42. The standard InChI is InChI=1S/C16H26N4O.HI/c1-14-4-2-5-15(12-14)13-19-16(17)18-6-3-7-20-8-10-21-11-9-20;/h2,4-5,12H,3,6-11,13H2,1H3,(H3,17,18,19);1H. The van der Waals surface area contributed by atoms with Crippen molar-refractivity contribution in [2.75, 3.05) is 39.4 Å². The van der Waals surface area contributed by atoms with Gasteiger partial charge in [-0.1, -0.05) is 29.8 Å². The summed E-state index contributed by atoms with van der Waals surface area (Å²) in [7, 11) is 0. The molecule has 0 aromatic heterocycles. The third-order valence-corrected chi connectivity index (χ3v) is 3.58. The number of nitrogens with zero attached hydrogens (tertiary/aromatic N) is 2. The number of ether oxygens (including phenoxy) is 1. The van der Waals surface area contributed by atoms with Crippen LogP contribution in [0.2, 0.25) is 0 Å². The summed E-state index contributed by atoms with van der Waals surface area (Å²) in [5, 5.41) is 3.18. The van der Waals surface area contributed by atoms with E-state index in [-0.39, 0.29) is 24.0 Å². The SMILES string of the molecule is Cc1cccc(CN=C(N)NCCCN2CCOCC2)c1.I. The number of benzene rings is 1. The fourth-order valence-corrected chi connectivity index (χ4v) is 2.39. The second kappa shape index (κ2) is 10.8. The van der Waals surface area contributed by atoms with Gasteiger partial charge in [-0.3, -0.25) is 4.90 Å². The zero-order valence-corrected chi connectivity index (χ0v) is 15.6. The average Bonchev–Trinajstić information content (AvgIpc) is 2.51. The van der Waals surface area contributed by atoms with Crippen molar-refractivity contribution in [3.8, 4) is 0 Å². The van der Waals surface area contributed by atoms with Crippen molar-refractivity contribution in [2.24, 2.45) is 10.7 Å². The summed E-state index contributed by atoms with van der Waals surface area (Å²) in [5.74, 6) is 0.526. The van der Waals surface area contributed by atoms with Crippen LogP contribution in [-0.4, -0.2) is 50.3 Å². The van der Waals surface area contributed by atoms with Crippen LogP contribution in [0.1, 0.15) is 17.5 Å². The molecule has 1 saturated heterocycles. The maximum Gasteiger partial charge on any atom is 0.188 e. The highest BCUT2D eigenvalue weighted by molar-refractivity contribution is 14.0. The zero-order chi connectivity index (χ0) is 14.9. The molecular formula is C16H27IN4O. The predicted molar refractivity (Wildman–Crippen MR) is 102 cm³/mol. The van der Waals surface area contributed by atoms with Gasteiger partial charge in [0.2, 0.25) is 0 Å². The summed E-state index contributed by atoms with van der Waals surface area (Å²) in [6.45, 7) is 8.45. The topological polar surface area (TPSA) is 62.9 Å². The Hall–Kier alpha value is -0.860. The van der Waals surface area contributed by atoms with Crippen LogP contribution in [0, 0.1) is 6.92 Å². The Bertz CT molecular complexity index is 461. The lowest BCUT2D eigenvalue weighted by molar-refractivity contribution is 0.0376. The van der Waals surface area contributed by atoms with Crippen molar-refractivity contribution in [2.45, 2.75) is 19.9 Å². The highest BCUT2D eigenvalue weighted by Gasteiger charge is 2.08. The molecule has 5 nitrogen and oxygen atoms in total. The number of aryl methyl sites for hydroxylation is 1. The molecule has 0 bridgehead atoms. The van der Waals surface area contributed by atoms with Crippen LogP contribution in [0.15, 0.2) is 29.3 Å². The fraction of sp³-hybridized carbons (Fsp3) is 0.562. The summed E-state index contributed by atoms with van der Waals surface area (Å²) in [6, 6.07) is 8.34. The molecule has 6 heteroatoms. The molecule has 0 spiro atoms. The molecule has 0 amide bonds. The van der Waals surface area contributed by atoms with Crippen molar-refractivity contribution in [1.82, 2.24) is 10.2 Å². The van der Waals surface area contributed by atoms with Gasteiger partial charge in [0.1, 0.15) is 0 Å². The lowest BCUT2D eigenvalue weighted by atomic mass is 10.1. The molecule has 1 fully saturated rings. The van der Waals surface area contributed by atoms with E-state index >= 15 is 0 Å². The molecular weight excluding hydrogens is 391 g/mol. The number of hydrogen-bond donors (Lipinski definition) is 2. The normalized spacial score (nSPS) is 16.1. The molecule has 0 radical (unpaired) electrons. The second-order valence-corrected chi connectivity index (χ2v) is 5.42. The molecule has 0 unspecified atom stereocenters. The molecule has 0 atom stereocenters. The van der Waals surface area contributed by atoms with Gasteiger partial charge in [-0.15, -0.1) is 24.0 Å². The first kappa shape index (κ1) is 19.2. The summed E-state index contributed by atoms with van der Waals surface area (Å²) in [6.07, 6.45) is 1.07. The number of nitrogens with one attached hydrogen (secondary N) is 1. The molecule has 1 aliphatic rings. The van der Waals surface area contributed by atoms with E-state index in [0.29, 0.717) is 12.5 Å². The highest BCUT2D eigenvalue weighted by atomic mass is 127. The third-order valence-electron chi connectivity index (χ3n) is 3.58. The molecule has 1 heterocycles. The van der Waals surface area contributed by atoms with Crippen LogP contribution in [0.3, 0.4) is 0 Å². The van der Waals surface area contributed by atoms with E-state index in [1.807, 2.05) is 6.07 Å². The van der Waals surface area contributed by atoms with E-state index in [1.54, 1.807) is 0 Å². The van der Waals surface area contributed by atoms with E-state index in [9.17, 15) is 0 Å². The number of halogens is 1. The number of nitrogens with two attached hydrogens (primary N) is 1. The van der Waals surface area contributed by atoms with E-state index in [4.69, 9.17) is 10.5 Å². The van der Waals surface area contributed by atoms with Crippen LogP contribution in [0.5, 0.6) is 0 Å². The van der Waals surface area contributed by atoms with E-state index in [0.717, 1.165) is 45.8 Å². The van der Waals surface area contributed by atoms with Gasteiger partial charge in [-0.05, 0) is 25.5 Å². The van der Waals surface area contributed by atoms with E-state index in [1.165, 1.54) is 11.1 Å². The minimum Gasteiger partial charge on any atom is -0.379 e. The number of rotatable bonds is 6. The molecule has 0 saturated carbocycles. The maximum atomic E-state index is 5.88. The van der Waals surface area contributed by atoms with Crippen LogP contribution in [0.25, 0.3) is 0 Å². The van der Waals surface area contributed by atoms with Crippen molar-refractivity contribution < 1.29 is 4.74 Å². The molecule has 124 valence electrons. The van der Waals surface area contributed by atoms with Crippen molar-refractivity contribution in [3.63, 3.8) is 0 Å². The first-order valence-corrected chi connectivity index (χ1v) is 7.63. The van der Waals surface area contributed by atoms with E-state index in [2.05, 4.69) is 40.3 Å². The molecule has 0 aliphatic carbocycles. The minimum absolute atomic E-state index is 0. The Kier molecular flexibility index (Phi) is 9.42. The van der Waals surface area contributed by atoms with Crippen LogP contribution in [0.4, 0.5) is 0 Å². The largest absolute Gasteiger partial charge is 0.379 e. The first-order chi connectivity index (χ1) is 10.2. The van der Waals surface area contributed by atoms with Crippen LogP contribution < -0.4 is 11.1 Å². The Morgan fingerprint density at radius 2 is 2.14 bits per heavy atom. The van der Waals surface area contributed by atoms with Gasteiger partial charge in [0.15, 0.2) is 5.96 Å². The Labute approximate surface area is 150 Å². The predicted octanol–water partition coefficient (Wildman–Crippen LogP) is 1.74. The maximum absolute atomic E-state index is 5.88.